The van der Waals surface area contributed by atoms with Crippen molar-refractivity contribution in [3.8, 4) is 11.4 Å². The van der Waals surface area contributed by atoms with Gasteiger partial charge in [-0.15, -0.1) is 5.10 Å². The van der Waals surface area contributed by atoms with Gasteiger partial charge >= 0.3 is 0 Å². The lowest BCUT2D eigenvalue weighted by atomic mass is 10.3. The van der Waals surface area contributed by atoms with Crippen LogP contribution < -0.4 is 5.32 Å². The summed E-state index contributed by atoms with van der Waals surface area (Å²) >= 11 is 1.17. The van der Waals surface area contributed by atoms with Crippen LogP contribution in [0.4, 0.5) is 5.69 Å². The molecule has 0 bridgehead atoms. The number of ether oxygens (including phenoxy) is 1. The average molecular weight is 461 g/mol. The first-order valence-corrected chi connectivity index (χ1v) is 11.9. The number of thioether (sulfide) groups is 1. The predicted molar refractivity (Wildman–Crippen MR) is 115 cm³/mol. The fourth-order valence-corrected chi connectivity index (χ4v) is 5.00. The Morgan fingerprint density at radius 1 is 1.19 bits per heavy atom. The van der Waals surface area contributed by atoms with E-state index in [0.29, 0.717) is 43.0 Å². The van der Waals surface area contributed by atoms with Crippen LogP contribution >= 0.6 is 11.8 Å². The van der Waals surface area contributed by atoms with Crippen molar-refractivity contribution in [2.45, 2.75) is 10.1 Å². The fourth-order valence-electron chi connectivity index (χ4n) is 2.95. The average Bonchev–Trinajstić information content (AvgIpc) is 3.28. The highest BCUT2D eigenvalue weighted by molar-refractivity contribution is 7.99. The van der Waals surface area contributed by atoms with Gasteiger partial charge in [-0.2, -0.15) is 4.31 Å². The van der Waals surface area contributed by atoms with Gasteiger partial charge < -0.3 is 10.1 Å². The standard InChI is InChI=1S/C19H20N6O4S2/c26-17(13-30-19-22-18(23-24-19)14-4-6-20-7-5-14)21-15-2-1-3-16(12-15)31(27,28)25-8-10-29-11-9-25/h1-7,12H,8-11,13H2,(H,21,26)(H,22,23,24). The molecule has 12 heteroatoms. The number of nitrogens with zero attached hydrogens (tertiary/aromatic N) is 4. The molecule has 0 aliphatic carbocycles. The topological polar surface area (TPSA) is 130 Å². The van der Waals surface area contributed by atoms with Crippen LogP contribution in [0.1, 0.15) is 0 Å². The molecule has 162 valence electrons. The number of amides is 1. The van der Waals surface area contributed by atoms with Gasteiger partial charge in [-0.25, -0.2) is 13.4 Å². The van der Waals surface area contributed by atoms with Crippen LogP contribution in [0.3, 0.4) is 0 Å². The van der Waals surface area contributed by atoms with Crippen LogP contribution in [0.5, 0.6) is 0 Å². The largest absolute Gasteiger partial charge is 0.379 e. The molecule has 2 aromatic heterocycles. The van der Waals surface area contributed by atoms with Gasteiger partial charge in [-0.3, -0.25) is 14.9 Å². The molecule has 0 spiro atoms. The molecule has 1 aliphatic rings. The van der Waals surface area contributed by atoms with Crippen molar-refractivity contribution >= 4 is 33.4 Å². The van der Waals surface area contributed by atoms with Gasteiger partial charge in [-0.1, -0.05) is 17.8 Å². The Morgan fingerprint density at radius 3 is 2.74 bits per heavy atom. The zero-order valence-electron chi connectivity index (χ0n) is 16.4. The summed E-state index contributed by atoms with van der Waals surface area (Å²) in [5.41, 5.74) is 1.25. The van der Waals surface area contributed by atoms with E-state index in [0.717, 1.165) is 5.56 Å². The minimum Gasteiger partial charge on any atom is -0.379 e. The summed E-state index contributed by atoms with van der Waals surface area (Å²) in [4.78, 5) is 20.8. The van der Waals surface area contributed by atoms with Gasteiger partial charge in [0.2, 0.25) is 21.1 Å². The van der Waals surface area contributed by atoms with E-state index in [4.69, 9.17) is 4.74 Å². The number of nitrogens with one attached hydrogen (secondary N) is 2. The van der Waals surface area contributed by atoms with Crippen molar-refractivity contribution in [1.82, 2.24) is 24.5 Å². The Labute approximate surface area is 183 Å². The number of H-pyrrole nitrogens is 1. The number of benzene rings is 1. The molecule has 4 rings (SSSR count). The van der Waals surface area contributed by atoms with Gasteiger partial charge in [0.05, 0.1) is 23.9 Å². The lowest BCUT2D eigenvalue weighted by molar-refractivity contribution is -0.113. The Bertz CT molecular complexity index is 1150. The monoisotopic (exact) mass is 460 g/mol. The molecular formula is C19H20N6O4S2. The lowest BCUT2D eigenvalue weighted by Crippen LogP contribution is -2.40. The highest BCUT2D eigenvalue weighted by Crippen LogP contribution is 2.22. The Kier molecular flexibility index (Phi) is 6.61. The third-order valence-corrected chi connectivity index (χ3v) is 7.22. The van der Waals surface area contributed by atoms with Crippen molar-refractivity contribution in [2.24, 2.45) is 0 Å². The molecule has 1 saturated heterocycles. The van der Waals surface area contributed by atoms with Crippen molar-refractivity contribution < 1.29 is 17.9 Å². The molecule has 1 fully saturated rings. The molecule has 10 nitrogen and oxygen atoms in total. The first-order chi connectivity index (χ1) is 15.0. The van der Waals surface area contributed by atoms with Crippen LogP contribution in [0.25, 0.3) is 11.4 Å². The third-order valence-electron chi connectivity index (χ3n) is 4.48. The molecule has 3 heterocycles. The van der Waals surface area contributed by atoms with Gasteiger partial charge in [0.25, 0.3) is 0 Å². The Morgan fingerprint density at radius 2 is 1.97 bits per heavy atom. The number of hydrogen-bond donors (Lipinski definition) is 2. The summed E-state index contributed by atoms with van der Waals surface area (Å²) in [6, 6.07) is 9.84. The summed E-state index contributed by atoms with van der Waals surface area (Å²) < 4.78 is 32.2. The number of hydrogen-bond acceptors (Lipinski definition) is 8. The van der Waals surface area contributed by atoms with E-state index in [-0.39, 0.29) is 16.6 Å². The number of carbonyl (C=O) groups excluding carboxylic acids is 1. The minimum absolute atomic E-state index is 0.0775. The van der Waals surface area contributed by atoms with Gasteiger partial charge in [0.1, 0.15) is 0 Å². The summed E-state index contributed by atoms with van der Waals surface area (Å²) in [5.74, 6) is 0.376. The van der Waals surface area contributed by atoms with E-state index in [2.05, 4.69) is 25.5 Å². The van der Waals surface area contributed by atoms with Crippen LogP contribution in [-0.2, 0) is 19.6 Å². The normalized spacial score (nSPS) is 15.0. The minimum atomic E-state index is -3.63. The van der Waals surface area contributed by atoms with Crippen LogP contribution in [0.15, 0.2) is 58.8 Å². The maximum absolute atomic E-state index is 12.8. The summed E-state index contributed by atoms with van der Waals surface area (Å²) in [7, 11) is -3.63. The molecule has 0 atom stereocenters. The lowest BCUT2D eigenvalue weighted by Gasteiger charge is -2.26. The molecule has 31 heavy (non-hydrogen) atoms. The second-order valence-corrected chi connectivity index (χ2v) is 9.46. The molecule has 1 aromatic carbocycles. The number of aromatic nitrogens is 4. The molecule has 1 amide bonds. The Hall–Kier alpha value is -2.80. The third kappa shape index (κ3) is 5.28. The van der Waals surface area contributed by atoms with Crippen LogP contribution in [0, 0.1) is 0 Å². The SMILES string of the molecule is O=C(CSc1n[nH]c(-c2ccncc2)n1)Nc1cccc(S(=O)(=O)N2CCOCC2)c1. The van der Waals surface area contributed by atoms with Crippen molar-refractivity contribution in [1.29, 1.82) is 0 Å². The van der Waals surface area contributed by atoms with Gasteiger partial charge in [-0.05, 0) is 30.3 Å². The first kappa shape index (κ1) is 21.4. The number of morpholine rings is 1. The number of anilines is 1. The second kappa shape index (κ2) is 9.56. The maximum Gasteiger partial charge on any atom is 0.243 e. The van der Waals surface area contributed by atoms with E-state index >= 15 is 0 Å². The summed E-state index contributed by atoms with van der Waals surface area (Å²) in [6.07, 6.45) is 3.32. The predicted octanol–water partition coefficient (Wildman–Crippen LogP) is 1.62. The first-order valence-electron chi connectivity index (χ1n) is 9.46. The molecule has 3 aromatic rings. The highest BCUT2D eigenvalue weighted by Gasteiger charge is 2.26. The summed E-state index contributed by atoms with van der Waals surface area (Å²) in [6.45, 7) is 1.37. The van der Waals surface area contributed by atoms with E-state index in [9.17, 15) is 13.2 Å². The van der Waals surface area contributed by atoms with E-state index < -0.39 is 10.0 Å². The Balaban J connectivity index is 1.36. The smallest absolute Gasteiger partial charge is 0.243 e. The zero-order chi connectivity index (χ0) is 21.7. The highest BCUT2D eigenvalue weighted by atomic mass is 32.2. The van der Waals surface area contributed by atoms with Gasteiger partial charge in [0.15, 0.2) is 5.82 Å². The fraction of sp³-hybridized carbons (Fsp3) is 0.263. The maximum atomic E-state index is 12.8. The van der Waals surface area contributed by atoms with Crippen LogP contribution in [-0.4, -0.2) is 70.9 Å². The number of aromatic amines is 1. The zero-order valence-corrected chi connectivity index (χ0v) is 18.0. The number of rotatable bonds is 7. The summed E-state index contributed by atoms with van der Waals surface area (Å²) in [5, 5.41) is 10.1. The van der Waals surface area contributed by atoms with Crippen molar-refractivity contribution in [3.05, 3.63) is 48.8 Å². The van der Waals surface area contributed by atoms with E-state index in [1.807, 2.05) is 0 Å². The van der Waals surface area contributed by atoms with Crippen molar-refractivity contribution in [3.63, 3.8) is 0 Å². The molecule has 0 unspecified atom stereocenters. The van der Waals surface area contributed by atoms with Crippen LogP contribution in [0.2, 0.25) is 0 Å². The molecule has 0 radical (unpaired) electrons. The quantitative estimate of drug-likeness (QED) is 0.509. The van der Waals surface area contributed by atoms with E-state index in [1.54, 1.807) is 36.7 Å². The molecule has 0 saturated carbocycles. The molecule has 2 N–H and O–H groups in total. The number of sulfonamides is 1. The molecule has 1 aliphatic heterocycles. The number of pyridine rings is 1. The molecular weight excluding hydrogens is 440 g/mol. The number of carbonyl (C=O) groups is 1. The van der Waals surface area contributed by atoms with Gasteiger partial charge in [0, 0.05) is 36.7 Å². The van der Waals surface area contributed by atoms with Crippen molar-refractivity contribution in [2.75, 3.05) is 37.4 Å². The second-order valence-electron chi connectivity index (χ2n) is 6.58. The van der Waals surface area contributed by atoms with E-state index in [1.165, 1.54) is 28.2 Å².